The molecule has 2 rings (SSSR count). The van der Waals surface area contributed by atoms with Crippen LogP contribution in [0.15, 0.2) is 55.1 Å². The van der Waals surface area contributed by atoms with Crippen molar-refractivity contribution in [2.24, 2.45) is 0 Å². The summed E-state index contributed by atoms with van der Waals surface area (Å²) in [5.74, 6) is 0. The normalized spacial score (nSPS) is 9.67. The zero-order chi connectivity index (χ0) is 8.23. The molecule has 2 heteroatoms. The first-order valence-electron chi connectivity index (χ1n) is 3.83. The predicted octanol–water partition coefficient (Wildman–Crippen LogP) is 1.36. The van der Waals surface area contributed by atoms with Crippen LogP contribution in [0.4, 0.5) is 0 Å². The molecular weight excluding hydrogens is 148 g/mol. The molecule has 0 saturated heterocycles. The molecule has 0 bridgehead atoms. The van der Waals surface area contributed by atoms with Crippen molar-refractivity contribution < 1.29 is 4.57 Å². The quantitative estimate of drug-likeness (QED) is 0.571. The molecule has 0 unspecified atom stereocenters. The molecule has 0 atom stereocenters. The minimum absolute atomic E-state index is 1.15. The zero-order valence-corrected chi connectivity index (χ0v) is 6.59. The highest BCUT2D eigenvalue weighted by Gasteiger charge is 2.00. The predicted molar refractivity (Wildman–Crippen MR) is 45.8 cm³/mol. The van der Waals surface area contributed by atoms with Gasteiger partial charge in [-0.3, -0.25) is 4.98 Å². The van der Waals surface area contributed by atoms with Crippen LogP contribution in [-0.2, 0) is 0 Å². The Balaban J connectivity index is 2.46. The maximum atomic E-state index is 3.95. The molecule has 0 fully saturated rings. The summed E-state index contributed by atoms with van der Waals surface area (Å²) in [5.41, 5.74) is 1.15. The fourth-order valence-electron chi connectivity index (χ4n) is 1.09. The number of aromatic nitrogens is 2. The monoisotopic (exact) mass is 157 g/mol. The van der Waals surface area contributed by atoms with E-state index in [0.717, 1.165) is 5.69 Å². The minimum Gasteiger partial charge on any atom is -0.252 e. The van der Waals surface area contributed by atoms with E-state index in [4.69, 9.17) is 0 Å². The average Bonchev–Trinajstić information content (AvgIpc) is 2.21. The number of hydrogen-bond donors (Lipinski definition) is 0. The average molecular weight is 157 g/mol. The Morgan fingerprint density at radius 1 is 0.917 bits per heavy atom. The van der Waals surface area contributed by atoms with E-state index in [0.29, 0.717) is 0 Å². The van der Waals surface area contributed by atoms with Crippen molar-refractivity contribution in [1.29, 1.82) is 0 Å². The van der Waals surface area contributed by atoms with Crippen molar-refractivity contribution in [3.63, 3.8) is 0 Å². The van der Waals surface area contributed by atoms with Crippen LogP contribution in [0.2, 0.25) is 0 Å². The number of hydrogen-bond acceptors (Lipinski definition) is 1. The Hall–Kier alpha value is -1.70. The first kappa shape index (κ1) is 6.98. The van der Waals surface area contributed by atoms with E-state index in [2.05, 4.69) is 17.1 Å². The van der Waals surface area contributed by atoms with Crippen LogP contribution in [0, 0.1) is 0 Å². The van der Waals surface area contributed by atoms with E-state index < -0.39 is 0 Å². The smallest absolute Gasteiger partial charge is 0.210 e. The van der Waals surface area contributed by atoms with Gasteiger partial charge in [-0.05, 0) is 0 Å². The summed E-state index contributed by atoms with van der Waals surface area (Å²) >= 11 is 0. The standard InChI is InChI=1S/C10H9N2/c1-2-4-10(5-3-1)12-8-6-11-7-9-12/h1-9H/q+1. The highest BCUT2D eigenvalue weighted by molar-refractivity contribution is 5.20. The lowest BCUT2D eigenvalue weighted by Crippen LogP contribution is -2.28. The SMILES string of the molecule is c1ccc(-[n+]2ccncc2)cc1. The molecule has 1 aromatic heterocycles. The van der Waals surface area contributed by atoms with Gasteiger partial charge in [0.1, 0.15) is 0 Å². The molecule has 0 radical (unpaired) electrons. The molecule has 1 aromatic carbocycles. The first-order chi connectivity index (χ1) is 5.97. The summed E-state index contributed by atoms with van der Waals surface area (Å²) in [6, 6.07) is 10.1. The van der Waals surface area contributed by atoms with Crippen LogP contribution in [0.1, 0.15) is 0 Å². The summed E-state index contributed by atoms with van der Waals surface area (Å²) in [7, 11) is 0. The summed E-state index contributed by atoms with van der Waals surface area (Å²) in [6.07, 6.45) is 7.39. The second-order valence-electron chi connectivity index (χ2n) is 2.49. The lowest BCUT2D eigenvalue weighted by atomic mass is 10.3. The molecule has 0 aliphatic rings. The molecule has 0 aliphatic heterocycles. The number of rotatable bonds is 1. The van der Waals surface area contributed by atoms with Gasteiger partial charge < -0.3 is 0 Å². The van der Waals surface area contributed by atoms with Gasteiger partial charge in [-0.1, -0.05) is 18.2 Å². The number of benzene rings is 1. The topological polar surface area (TPSA) is 16.8 Å². The molecule has 0 amide bonds. The van der Waals surface area contributed by atoms with Crippen molar-refractivity contribution in [2.75, 3.05) is 0 Å². The molecule has 1 heterocycles. The molecule has 0 N–H and O–H groups in total. The third-order valence-corrected chi connectivity index (χ3v) is 1.68. The molecule has 2 nitrogen and oxygen atoms in total. The number of para-hydroxylation sites is 1. The van der Waals surface area contributed by atoms with E-state index in [1.54, 1.807) is 12.4 Å². The van der Waals surface area contributed by atoms with E-state index in [1.165, 1.54) is 0 Å². The van der Waals surface area contributed by atoms with E-state index in [-0.39, 0.29) is 0 Å². The molecule has 0 aliphatic carbocycles. The van der Waals surface area contributed by atoms with Gasteiger partial charge in [-0.25, -0.2) is 0 Å². The highest BCUT2D eigenvalue weighted by atomic mass is 15.0. The Bertz CT molecular complexity index is 305. The fraction of sp³-hybridized carbons (Fsp3) is 0. The van der Waals surface area contributed by atoms with Crippen molar-refractivity contribution in [3.05, 3.63) is 55.1 Å². The molecule has 58 valence electrons. The van der Waals surface area contributed by atoms with Gasteiger partial charge in [-0.15, -0.1) is 0 Å². The number of nitrogens with zero attached hydrogens (tertiary/aromatic N) is 2. The maximum absolute atomic E-state index is 3.95. The van der Waals surface area contributed by atoms with Crippen LogP contribution in [0.25, 0.3) is 5.69 Å². The van der Waals surface area contributed by atoms with Crippen LogP contribution in [0.3, 0.4) is 0 Å². The summed E-state index contributed by atoms with van der Waals surface area (Å²) in [6.45, 7) is 0. The van der Waals surface area contributed by atoms with Crippen molar-refractivity contribution in [1.82, 2.24) is 4.98 Å². The minimum atomic E-state index is 1.15. The lowest BCUT2D eigenvalue weighted by molar-refractivity contribution is -0.596. The third kappa shape index (κ3) is 1.32. The largest absolute Gasteiger partial charge is 0.252 e. The molecule has 12 heavy (non-hydrogen) atoms. The summed E-state index contributed by atoms with van der Waals surface area (Å²) < 4.78 is 2.02. The second kappa shape index (κ2) is 3.13. The lowest BCUT2D eigenvalue weighted by Gasteiger charge is -1.91. The van der Waals surface area contributed by atoms with Crippen molar-refractivity contribution in [2.45, 2.75) is 0 Å². The highest BCUT2D eigenvalue weighted by Crippen LogP contribution is 1.95. The second-order valence-corrected chi connectivity index (χ2v) is 2.49. The van der Waals surface area contributed by atoms with Crippen LogP contribution < -0.4 is 4.57 Å². The van der Waals surface area contributed by atoms with Gasteiger partial charge >= 0.3 is 0 Å². The molecule has 0 saturated carbocycles. The van der Waals surface area contributed by atoms with Gasteiger partial charge in [-0.2, -0.15) is 4.57 Å². The maximum Gasteiger partial charge on any atom is 0.210 e. The zero-order valence-electron chi connectivity index (χ0n) is 6.59. The Morgan fingerprint density at radius 2 is 1.58 bits per heavy atom. The van der Waals surface area contributed by atoms with E-state index in [1.807, 2.05) is 35.2 Å². The Morgan fingerprint density at radius 3 is 2.25 bits per heavy atom. The first-order valence-corrected chi connectivity index (χ1v) is 3.83. The van der Waals surface area contributed by atoms with Gasteiger partial charge in [0.15, 0.2) is 12.4 Å². The summed E-state index contributed by atoms with van der Waals surface area (Å²) in [4.78, 5) is 3.95. The van der Waals surface area contributed by atoms with E-state index >= 15 is 0 Å². The van der Waals surface area contributed by atoms with E-state index in [9.17, 15) is 0 Å². The molecule has 0 spiro atoms. The Labute approximate surface area is 71.1 Å². The van der Waals surface area contributed by atoms with Crippen LogP contribution in [-0.4, -0.2) is 4.98 Å². The van der Waals surface area contributed by atoms with Gasteiger partial charge in [0, 0.05) is 12.1 Å². The third-order valence-electron chi connectivity index (χ3n) is 1.68. The van der Waals surface area contributed by atoms with Gasteiger partial charge in [0.05, 0.1) is 12.4 Å². The van der Waals surface area contributed by atoms with Crippen molar-refractivity contribution >= 4 is 0 Å². The van der Waals surface area contributed by atoms with Crippen molar-refractivity contribution in [3.8, 4) is 5.69 Å². The van der Waals surface area contributed by atoms with Crippen LogP contribution in [0.5, 0.6) is 0 Å². The molecule has 2 aromatic rings. The van der Waals surface area contributed by atoms with Gasteiger partial charge in [0.25, 0.3) is 0 Å². The fourth-order valence-corrected chi connectivity index (χ4v) is 1.09. The molecular formula is C10H9N2+. The van der Waals surface area contributed by atoms with Crippen LogP contribution >= 0.6 is 0 Å². The van der Waals surface area contributed by atoms with Gasteiger partial charge in [0.2, 0.25) is 5.69 Å². The summed E-state index contributed by atoms with van der Waals surface area (Å²) in [5, 5.41) is 0. The Kier molecular flexibility index (Phi) is 1.82.